The molecule has 0 N–H and O–H groups in total. The van der Waals surface area contributed by atoms with Crippen molar-refractivity contribution in [3.63, 3.8) is 0 Å². The van der Waals surface area contributed by atoms with E-state index in [2.05, 4.69) is 64.1 Å². The van der Waals surface area contributed by atoms with E-state index in [0.29, 0.717) is 37.9 Å². The van der Waals surface area contributed by atoms with Gasteiger partial charge in [-0.3, -0.25) is 0 Å². The van der Waals surface area contributed by atoms with E-state index in [1.165, 1.54) is 0 Å². The molecule has 2 aliphatic heterocycles. The number of hydrogen-bond acceptors (Lipinski definition) is 6. The largest absolute Gasteiger partial charge is 0.426 e. The van der Waals surface area contributed by atoms with Gasteiger partial charge in [0.05, 0.1) is 26.4 Å². The fraction of sp³-hybridized carbons (Fsp3) is 0.333. The van der Waals surface area contributed by atoms with Gasteiger partial charge in [0, 0.05) is 38.4 Å². The van der Waals surface area contributed by atoms with E-state index in [9.17, 15) is 0 Å². The Morgan fingerprint density at radius 3 is 1.28 bits per heavy atom. The molecule has 0 spiro atoms. The summed E-state index contributed by atoms with van der Waals surface area (Å²) in [5, 5.41) is 4.31. The van der Waals surface area contributed by atoms with Crippen LogP contribution in [0.5, 0.6) is 11.5 Å². The van der Waals surface area contributed by atoms with E-state index < -0.39 is 17.2 Å². The van der Waals surface area contributed by atoms with E-state index in [1.54, 1.807) is 0 Å². The maximum Gasteiger partial charge on any atom is 0.397 e. The third-order valence-corrected chi connectivity index (χ3v) is 8.67. The molecule has 0 radical (unpaired) electrons. The smallest absolute Gasteiger partial charge is 0.397 e. The standard InChI is InChI=1S/C30H32O6P2.Ni/c1-29(2)17-31-37(32-18-29)35-25-15-13-21-9-5-7-11-23(21)27(25)28-24-12-8-6-10-22(24)14-16-26(28)36-38-33-19-30(3,4)20-34-38;/h5-16H,17-20H2,1-4H3;. The molecular weight excluding hydrogens is 577 g/mol. The molecule has 0 atom stereocenters. The summed E-state index contributed by atoms with van der Waals surface area (Å²) < 4.78 is 37.0. The minimum atomic E-state index is -1.53. The van der Waals surface area contributed by atoms with Crippen molar-refractivity contribution in [3.05, 3.63) is 72.8 Å². The topological polar surface area (TPSA) is 55.4 Å². The second kappa shape index (κ2) is 11.6. The van der Waals surface area contributed by atoms with Gasteiger partial charge < -0.3 is 27.1 Å². The van der Waals surface area contributed by atoms with Gasteiger partial charge in [-0.05, 0) is 33.7 Å². The molecule has 39 heavy (non-hydrogen) atoms. The number of benzene rings is 4. The fourth-order valence-corrected chi connectivity index (χ4v) is 7.31. The second-order valence-corrected chi connectivity index (χ2v) is 13.7. The van der Waals surface area contributed by atoms with Crippen molar-refractivity contribution < 1.29 is 43.6 Å². The van der Waals surface area contributed by atoms with Crippen LogP contribution in [0.25, 0.3) is 32.7 Å². The van der Waals surface area contributed by atoms with Crippen LogP contribution in [0.2, 0.25) is 0 Å². The van der Waals surface area contributed by atoms with Gasteiger partial charge in [-0.2, -0.15) is 0 Å². The zero-order chi connectivity index (χ0) is 26.3. The molecule has 0 aliphatic carbocycles. The Balaban J connectivity index is 0.00000308. The van der Waals surface area contributed by atoms with Crippen LogP contribution in [0.15, 0.2) is 72.8 Å². The summed E-state index contributed by atoms with van der Waals surface area (Å²) in [6.07, 6.45) is 0. The van der Waals surface area contributed by atoms with Gasteiger partial charge in [0.1, 0.15) is 11.5 Å². The van der Waals surface area contributed by atoms with E-state index in [4.69, 9.17) is 27.1 Å². The SMILES string of the molecule is CC1(C)COP(Oc2ccc3ccccc3c2-c2c(OP3OCC(C)(C)CO3)ccc3ccccc23)OC1.[Ni]. The average Bonchev–Trinajstić information content (AvgIpc) is 2.91. The first-order valence-electron chi connectivity index (χ1n) is 12.8. The van der Waals surface area contributed by atoms with Crippen molar-refractivity contribution in [1.29, 1.82) is 0 Å². The van der Waals surface area contributed by atoms with E-state index in [0.717, 1.165) is 32.7 Å². The zero-order valence-electron chi connectivity index (χ0n) is 22.4. The van der Waals surface area contributed by atoms with Gasteiger partial charge in [-0.15, -0.1) is 0 Å². The first-order chi connectivity index (χ1) is 18.3. The molecule has 0 saturated carbocycles. The zero-order valence-corrected chi connectivity index (χ0v) is 25.2. The van der Waals surface area contributed by atoms with Crippen LogP contribution >= 0.6 is 17.2 Å². The van der Waals surface area contributed by atoms with Crippen LogP contribution in [0.3, 0.4) is 0 Å². The second-order valence-electron chi connectivity index (χ2n) is 11.4. The summed E-state index contributed by atoms with van der Waals surface area (Å²) in [5.74, 6) is 1.38. The summed E-state index contributed by atoms with van der Waals surface area (Å²) in [6, 6.07) is 24.8. The molecule has 6 nitrogen and oxygen atoms in total. The molecule has 0 unspecified atom stereocenters. The van der Waals surface area contributed by atoms with Crippen LogP contribution in [0.4, 0.5) is 0 Å². The van der Waals surface area contributed by atoms with E-state index in [-0.39, 0.29) is 27.3 Å². The molecular formula is C30H32NiO6P2. The third kappa shape index (κ3) is 6.26. The van der Waals surface area contributed by atoms with Crippen molar-refractivity contribution in [1.82, 2.24) is 0 Å². The minimum absolute atomic E-state index is 0. The first-order valence-corrected chi connectivity index (χ1v) is 15.0. The van der Waals surface area contributed by atoms with Crippen LogP contribution in [-0.4, -0.2) is 26.4 Å². The van der Waals surface area contributed by atoms with Gasteiger partial charge >= 0.3 is 17.2 Å². The molecule has 208 valence electrons. The van der Waals surface area contributed by atoms with Crippen molar-refractivity contribution in [2.45, 2.75) is 27.7 Å². The Kier molecular flexibility index (Phi) is 8.53. The van der Waals surface area contributed by atoms with Crippen LogP contribution in [-0.2, 0) is 34.6 Å². The normalized spacial score (nSPS) is 19.5. The molecule has 0 aromatic heterocycles. The number of rotatable bonds is 5. The van der Waals surface area contributed by atoms with Gasteiger partial charge in [-0.1, -0.05) is 88.4 Å². The summed E-state index contributed by atoms with van der Waals surface area (Å²) in [6.45, 7) is 10.8. The number of fused-ring (bicyclic) bond motifs is 2. The van der Waals surface area contributed by atoms with Crippen molar-refractivity contribution in [2.75, 3.05) is 26.4 Å². The van der Waals surface area contributed by atoms with Crippen molar-refractivity contribution in [3.8, 4) is 22.6 Å². The third-order valence-electron chi connectivity index (χ3n) is 6.62. The summed E-state index contributed by atoms with van der Waals surface area (Å²) in [5.41, 5.74) is 1.78. The summed E-state index contributed by atoms with van der Waals surface area (Å²) >= 11 is 0. The molecule has 9 heteroatoms. The maximum atomic E-state index is 6.47. The Labute approximate surface area is 242 Å². The van der Waals surface area contributed by atoms with Gasteiger partial charge in [0.2, 0.25) is 0 Å². The molecule has 2 aliphatic rings. The maximum absolute atomic E-state index is 6.47. The minimum Gasteiger partial charge on any atom is -0.426 e. The van der Waals surface area contributed by atoms with Crippen molar-refractivity contribution >= 4 is 38.7 Å². The predicted molar refractivity (Wildman–Crippen MR) is 153 cm³/mol. The van der Waals surface area contributed by atoms with Gasteiger partial charge in [0.25, 0.3) is 0 Å². The molecule has 4 aromatic rings. The van der Waals surface area contributed by atoms with Crippen LogP contribution in [0.1, 0.15) is 27.7 Å². The fourth-order valence-electron chi connectivity index (χ4n) is 4.50. The van der Waals surface area contributed by atoms with Gasteiger partial charge in [-0.25, -0.2) is 0 Å². The Bertz CT molecular complexity index is 1350. The predicted octanol–water partition coefficient (Wildman–Crippen LogP) is 9.01. The average molecular weight is 609 g/mol. The number of hydrogen-bond donors (Lipinski definition) is 0. The Morgan fingerprint density at radius 2 is 0.897 bits per heavy atom. The monoisotopic (exact) mass is 608 g/mol. The molecule has 4 aromatic carbocycles. The van der Waals surface area contributed by atoms with Crippen LogP contribution < -0.4 is 9.05 Å². The van der Waals surface area contributed by atoms with E-state index >= 15 is 0 Å². The Morgan fingerprint density at radius 1 is 0.538 bits per heavy atom. The quantitative estimate of drug-likeness (QED) is 0.166. The Hall–Kier alpha value is -1.81. The van der Waals surface area contributed by atoms with Gasteiger partial charge in [0.15, 0.2) is 0 Å². The molecule has 6 rings (SSSR count). The molecule has 2 heterocycles. The molecule has 2 fully saturated rings. The summed E-state index contributed by atoms with van der Waals surface area (Å²) in [4.78, 5) is 0. The van der Waals surface area contributed by atoms with Crippen molar-refractivity contribution in [2.24, 2.45) is 10.8 Å². The molecule has 0 amide bonds. The van der Waals surface area contributed by atoms with E-state index in [1.807, 2.05) is 36.4 Å². The van der Waals surface area contributed by atoms with Crippen LogP contribution in [0, 0.1) is 10.8 Å². The summed E-state index contributed by atoms with van der Waals surface area (Å²) in [7, 11) is -3.07. The molecule has 2 saturated heterocycles. The first kappa shape index (κ1) is 28.7. The molecule has 0 bridgehead atoms.